The van der Waals surface area contributed by atoms with Crippen molar-refractivity contribution in [2.24, 2.45) is 5.92 Å². The topological polar surface area (TPSA) is 41.5 Å². The lowest BCUT2D eigenvalue weighted by atomic mass is 9.96. The Morgan fingerprint density at radius 2 is 2.31 bits per heavy atom. The maximum absolute atomic E-state index is 9.75. The van der Waals surface area contributed by atoms with Crippen molar-refractivity contribution in [1.82, 2.24) is 5.32 Å². The number of ether oxygens (including phenoxy) is 1. The first-order valence-electron chi connectivity index (χ1n) is 5.84. The Labute approximate surface area is 96.4 Å². The summed E-state index contributed by atoms with van der Waals surface area (Å²) in [5, 5.41) is 13.2. The predicted molar refractivity (Wildman–Crippen MR) is 63.9 cm³/mol. The first-order chi connectivity index (χ1) is 7.66. The van der Waals surface area contributed by atoms with Crippen molar-refractivity contribution < 1.29 is 9.84 Å². The van der Waals surface area contributed by atoms with Gasteiger partial charge in [-0.05, 0) is 18.6 Å². The molecule has 0 amide bonds. The zero-order valence-corrected chi connectivity index (χ0v) is 9.86. The molecule has 1 aromatic carbocycles. The minimum Gasteiger partial charge on any atom is -0.508 e. The third-order valence-corrected chi connectivity index (χ3v) is 2.89. The number of phenolic OH excluding ortho intramolecular Hbond substituents is 1. The molecule has 0 saturated heterocycles. The molecule has 1 aliphatic heterocycles. The summed E-state index contributed by atoms with van der Waals surface area (Å²) >= 11 is 0. The molecule has 0 fully saturated rings. The van der Waals surface area contributed by atoms with Crippen molar-refractivity contribution in [1.29, 1.82) is 0 Å². The van der Waals surface area contributed by atoms with Gasteiger partial charge in [0.05, 0.1) is 6.61 Å². The number of hydrogen-bond donors (Lipinski definition) is 2. The normalized spacial score (nSPS) is 19.3. The molecule has 0 aliphatic carbocycles. The summed E-state index contributed by atoms with van der Waals surface area (Å²) < 4.78 is 5.65. The average Bonchev–Trinajstić information content (AvgIpc) is 2.27. The third kappa shape index (κ3) is 2.47. The summed E-state index contributed by atoms with van der Waals surface area (Å²) in [6, 6.07) is 5.95. The lowest BCUT2D eigenvalue weighted by molar-refractivity contribution is 0.213. The van der Waals surface area contributed by atoms with Crippen LogP contribution in [0, 0.1) is 5.92 Å². The van der Waals surface area contributed by atoms with Gasteiger partial charge in [-0.3, -0.25) is 0 Å². The van der Waals surface area contributed by atoms with Gasteiger partial charge in [0, 0.05) is 24.1 Å². The lowest BCUT2D eigenvalue weighted by Gasteiger charge is -2.26. The standard InChI is InChI=1S/C13H19NO2/c1-9(2)14-7-10-6-11-12(15)4-3-5-13(11)16-8-10/h3-5,9-10,14-15H,6-8H2,1-2H3. The molecule has 0 spiro atoms. The van der Waals surface area contributed by atoms with E-state index in [1.807, 2.05) is 12.1 Å². The van der Waals surface area contributed by atoms with Crippen molar-refractivity contribution in [3.63, 3.8) is 0 Å². The molecule has 1 aliphatic rings. The highest BCUT2D eigenvalue weighted by Gasteiger charge is 2.22. The number of aromatic hydroxyl groups is 1. The van der Waals surface area contributed by atoms with Crippen LogP contribution < -0.4 is 10.1 Å². The fourth-order valence-corrected chi connectivity index (χ4v) is 1.98. The Morgan fingerprint density at radius 1 is 1.50 bits per heavy atom. The highest BCUT2D eigenvalue weighted by Crippen LogP contribution is 2.33. The van der Waals surface area contributed by atoms with E-state index in [-0.39, 0.29) is 0 Å². The number of rotatable bonds is 3. The van der Waals surface area contributed by atoms with E-state index in [9.17, 15) is 5.11 Å². The van der Waals surface area contributed by atoms with Crippen LogP contribution in [0.1, 0.15) is 19.4 Å². The Balaban J connectivity index is 2.03. The second-order valence-electron chi connectivity index (χ2n) is 4.70. The number of fused-ring (bicyclic) bond motifs is 1. The summed E-state index contributed by atoms with van der Waals surface area (Å²) in [5.74, 6) is 1.63. The van der Waals surface area contributed by atoms with Gasteiger partial charge in [-0.15, -0.1) is 0 Å². The maximum atomic E-state index is 9.75. The molecule has 3 heteroatoms. The predicted octanol–water partition coefficient (Wildman–Crippen LogP) is 1.94. The van der Waals surface area contributed by atoms with Gasteiger partial charge in [0.15, 0.2) is 0 Å². The quantitative estimate of drug-likeness (QED) is 0.819. The van der Waals surface area contributed by atoms with E-state index in [4.69, 9.17) is 4.74 Å². The molecule has 0 saturated carbocycles. The summed E-state index contributed by atoms with van der Waals surface area (Å²) in [4.78, 5) is 0. The monoisotopic (exact) mass is 221 g/mol. The second-order valence-corrected chi connectivity index (χ2v) is 4.70. The van der Waals surface area contributed by atoms with Crippen LogP contribution in [0.3, 0.4) is 0 Å². The summed E-state index contributed by atoms with van der Waals surface area (Å²) in [6.45, 7) is 5.94. The van der Waals surface area contributed by atoms with Crippen molar-refractivity contribution in [3.8, 4) is 11.5 Å². The SMILES string of the molecule is CC(C)NCC1COc2cccc(O)c2C1. The van der Waals surface area contributed by atoms with E-state index in [0.29, 0.717) is 17.7 Å². The van der Waals surface area contributed by atoms with E-state index in [1.54, 1.807) is 6.07 Å². The third-order valence-electron chi connectivity index (χ3n) is 2.89. The van der Waals surface area contributed by atoms with Gasteiger partial charge in [-0.1, -0.05) is 19.9 Å². The highest BCUT2D eigenvalue weighted by molar-refractivity contribution is 5.45. The second kappa shape index (κ2) is 4.74. The molecule has 2 N–H and O–H groups in total. The molecule has 3 nitrogen and oxygen atoms in total. The van der Waals surface area contributed by atoms with Crippen molar-refractivity contribution in [2.75, 3.05) is 13.2 Å². The highest BCUT2D eigenvalue weighted by atomic mass is 16.5. The molecule has 88 valence electrons. The van der Waals surface area contributed by atoms with Gasteiger partial charge in [-0.2, -0.15) is 0 Å². The van der Waals surface area contributed by atoms with Crippen LogP contribution >= 0.6 is 0 Å². The molecule has 0 aromatic heterocycles. The van der Waals surface area contributed by atoms with E-state index < -0.39 is 0 Å². The maximum Gasteiger partial charge on any atom is 0.126 e. The van der Waals surface area contributed by atoms with Gasteiger partial charge >= 0.3 is 0 Å². The molecule has 1 atom stereocenters. The molecule has 1 unspecified atom stereocenters. The minimum atomic E-state index is 0.353. The summed E-state index contributed by atoms with van der Waals surface area (Å²) in [7, 11) is 0. The van der Waals surface area contributed by atoms with Gasteiger partial charge in [0.1, 0.15) is 11.5 Å². The molecule has 1 heterocycles. The lowest BCUT2D eigenvalue weighted by Crippen LogP contribution is -2.34. The van der Waals surface area contributed by atoms with E-state index in [2.05, 4.69) is 19.2 Å². The first kappa shape index (κ1) is 11.3. The number of phenols is 1. The zero-order valence-electron chi connectivity index (χ0n) is 9.86. The molecule has 0 bridgehead atoms. The Kier molecular flexibility index (Phi) is 3.34. The summed E-state index contributed by atoms with van der Waals surface area (Å²) in [5.41, 5.74) is 0.948. The van der Waals surface area contributed by atoms with Crippen molar-refractivity contribution >= 4 is 0 Å². The van der Waals surface area contributed by atoms with Crippen LogP contribution in [-0.2, 0) is 6.42 Å². The fourth-order valence-electron chi connectivity index (χ4n) is 1.98. The minimum absolute atomic E-state index is 0.353. The Bertz CT molecular complexity index is 363. The van der Waals surface area contributed by atoms with Crippen LogP contribution in [0.5, 0.6) is 11.5 Å². The van der Waals surface area contributed by atoms with Crippen LogP contribution in [0.4, 0.5) is 0 Å². The van der Waals surface area contributed by atoms with Gasteiger partial charge in [0.2, 0.25) is 0 Å². The van der Waals surface area contributed by atoms with Crippen LogP contribution in [0.2, 0.25) is 0 Å². The van der Waals surface area contributed by atoms with E-state index in [0.717, 1.165) is 30.9 Å². The number of benzene rings is 1. The first-order valence-corrected chi connectivity index (χ1v) is 5.84. The molecule has 2 rings (SSSR count). The number of nitrogens with one attached hydrogen (secondary N) is 1. The van der Waals surface area contributed by atoms with Crippen molar-refractivity contribution in [2.45, 2.75) is 26.3 Å². The smallest absolute Gasteiger partial charge is 0.126 e. The van der Waals surface area contributed by atoms with Gasteiger partial charge in [-0.25, -0.2) is 0 Å². The van der Waals surface area contributed by atoms with Gasteiger partial charge < -0.3 is 15.2 Å². The summed E-state index contributed by atoms with van der Waals surface area (Å²) in [6.07, 6.45) is 0.891. The molecule has 0 radical (unpaired) electrons. The van der Waals surface area contributed by atoms with Crippen LogP contribution in [0.15, 0.2) is 18.2 Å². The van der Waals surface area contributed by atoms with E-state index >= 15 is 0 Å². The Hall–Kier alpha value is -1.22. The Morgan fingerprint density at radius 3 is 3.06 bits per heavy atom. The van der Waals surface area contributed by atoms with Gasteiger partial charge in [0.25, 0.3) is 0 Å². The molecular weight excluding hydrogens is 202 g/mol. The van der Waals surface area contributed by atoms with Crippen LogP contribution in [-0.4, -0.2) is 24.3 Å². The van der Waals surface area contributed by atoms with E-state index in [1.165, 1.54) is 0 Å². The molecule has 1 aromatic rings. The largest absolute Gasteiger partial charge is 0.508 e. The fraction of sp³-hybridized carbons (Fsp3) is 0.538. The van der Waals surface area contributed by atoms with Crippen LogP contribution in [0.25, 0.3) is 0 Å². The number of hydrogen-bond acceptors (Lipinski definition) is 3. The molecule has 16 heavy (non-hydrogen) atoms. The molecular formula is C13H19NO2. The van der Waals surface area contributed by atoms with Crippen molar-refractivity contribution in [3.05, 3.63) is 23.8 Å². The average molecular weight is 221 g/mol. The zero-order chi connectivity index (χ0) is 11.5.